The Bertz CT molecular complexity index is 309. The zero-order valence-electron chi connectivity index (χ0n) is 9.58. The van der Waals surface area contributed by atoms with Gasteiger partial charge in [-0.05, 0) is 19.8 Å². The molecule has 2 N–H and O–H groups in total. The highest BCUT2D eigenvalue weighted by Gasteiger charge is 2.20. The summed E-state index contributed by atoms with van der Waals surface area (Å²) in [6, 6.07) is 0. The van der Waals surface area contributed by atoms with Crippen LogP contribution in [-0.4, -0.2) is 9.78 Å². The van der Waals surface area contributed by atoms with Crippen molar-refractivity contribution in [3.8, 4) is 0 Å². The van der Waals surface area contributed by atoms with Crippen LogP contribution in [0.4, 0.5) is 5.69 Å². The van der Waals surface area contributed by atoms with E-state index in [-0.39, 0.29) is 0 Å². The van der Waals surface area contributed by atoms with Gasteiger partial charge in [0.25, 0.3) is 0 Å². The van der Waals surface area contributed by atoms with Crippen molar-refractivity contribution in [3.05, 3.63) is 11.9 Å². The van der Waals surface area contributed by atoms with Crippen LogP contribution in [0.3, 0.4) is 0 Å². The lowest BCUT2D eigenvalue weighted by Gasteiger charge is -2.16. The summed E-state index contributed by atoms with van der Waals surface area (Å²) in [7, 11) is 0. The maximum absolute atomic E-state index is 6.02. The predicted molar refractivity (Wildman–Crippen MR) is 62.8 cm³/mol. The summed E-state index contributed by atoms with van der Waals surface area (Å²) < 4.78 is 2.07. The molecular weight excluding hydrogens is 186 g/mol. The van der Waals surface area contributed by atoms with E-state index in [0.717, 1.165) is 12.2 Å². The maximum atomic E-state index is 6.02. The second-order valence-electron chi connectivity index (χ2n) is 4.49. The molecule has 0 spiro atoms. The molecule has 1 fully saturated rings. The molecule has 0 bridgehead atoms. The molecular formula is C12H21N3. The lowest BCUT2D eigenvalue weighted by molar-refractivity contribution is 0.519. The minimum Gasteiger partial charge on any atom is -0.396 e. The molecule has 1 aromatic heterocycles. The third kappa shape index (κ3) is 2.16. The zero-order valence-corrected chi connectivity index (χ0v) is 9.58. The van der Waals surface area contributed by atoms with Gasteiger partial charge in [-0.15, -0.1) is 0 Å². The van der Waals surface area contributed by atoms with Crippen LogP contribution in [0.15, 0.2) is 6.20 Å². The largest absolute Gasteiger partial charge is 0.396 e. The molecule has 3 nitrogen and oxygen atoms in total. The average molecular weight is 207 g/mol. The quantitative estimate of drug-likeness (QED) is 0.758. The van der Waals surface area contributed by atoms with Crippen LogP contribution in [0, 0.1) is 0 Å². The molecule has 0 radical (unpaired) electrons. The fourth-order valence-corrected chi connectivity index (χ4v) is 2.66. The second kappa shape index (κ2) is 4.69. The van der Waals surface area contributed by atoms with Gasteiger partial charge in [0.1, 0.15) is 0 Å². The zero-order chi connectivity index (χ0) is 10.7. The van der Waals surface area contributed by atoms with Gasteiger partial charge >= 0.3 is 0 Å². The van der Waals surface area contributed by atoms with Crippen LogP contribution in [0.25, 0.3) is 0 Å². The molecule has 0 saturated heterocycles. The Morgan fingerprint density at radius 2 is 2.00 bits per heavy atom. The van der Waals surface area contributed by atoms with Crippen LogP contribution in [0.5, 0.6) is 0 Å². The fourth-order valence-electron chi connectivity index (χ4n) is 2.66. The van der Waals surface area contributed by atoms with Crippen molar-refractivity contribution < 1.29 is 0 Å². The van der Waals surface area contributed by atoms with Gasteiger partial charge in [-0.2, -0.15) is 5.10 Å². The van der Waals surface area contributed by atoms with Gasteiger partial charge in [-0.1, -0.05) is 25.7 Å². The van der Waals surface area contributed by atoms with Gasteiger partial charge in [-0.3, -0.25) is 4.68 Å². The molecule has 1 aliphatic rings. The molecule has 3 heteroatoms. The van der Waals surface area contributed by atoms with Crippen LogP contribution in [0.1, 0.15) is 57.1 Å². The highest BCUT2D eigenvalue weighted by atomic mass is 15.3. The van der Waals surface area contributed by atoms with E-state index in [1.54, 1.807) is 0 Å². The molecule has 1 saturated carbocycles. The van der Waals surface area contributed by atoms with Crippen LogP contribution >= 0.6 is 0 Å². The second-order valence-corrected chi connectivity index (χ2v) is 4.49. The summed E-state index contributed by atoms with van der Waals surface area (Å²) in [4.78, 5) is 0. The number of nitrogens with zero attached hydrogens (tertiary/aromatic N) is 2. The Hall–Kier alpha value is -0.990. The van der Waals surface area contributed by atoms with E-state index in [1.165, 1.54) is 44.2 Å². The molecule has 84 valence electrons. The molecule has 0 aromatic carbocycles. The number of hydrogen-bond donors (Lipinski definition) is 1. The normalized spacial score (nSPS) is 19.0. The minimum atomic E-state index is 0.648. The van der Waals surface area contributed by atoms with Crippen LogP contribution < -0.4 is 5.73 Å². The first-order valence-electron chi connectivity index (χ1n) is 6.14. The Labute approximate surface area is 91.7 Å². The number of aromatic nitrogens is 2. The van der Waals surface area contributed by atoms with Crippen molar-refractivity contribution in [2.24, 2.45) is 0 Å². The molecule has 15 heavy (non-hydrogen) atoms. The van der Waals surface area contributed by atoms with E-state index in [2.05, 4.69) is 16.7 Å². The van der Waals surface area contributed by atoms with E-state index in [4.69, 9.17) is 5.73 Å². The molecule has 0 aliphatic heterocycles. The molecule has 0 amide bonds. The Morgan fingerprint density at radius 1 is 1.33 bits per heavy atom. The highest BCUT2D eigenvalue weighted by Crippen LogP contribution is 2.34. The number of anilines is 1. The van der Waals surface area contributed by atoms with Gasteiger partial charge in [-0.25, -0.2) is 0 Å². The van der Waals surface area contributed by atoms with E-state index in [1.807, 2.05) is 6.20 Å². The first-order valence-corrected chi connectivity index (χ1v) is 6.14. The summed E-state index contributed by atoms with van der Waals surface area (Å²) in [6.07, 6.45) is 9.85. The Kier molecular flexibility index (Phi) is 3.29. The van der Waals surface area contributed by atoms with Gasteiger partial charge in [0.15, 0.2) is 0 Å². The summed E-state index contributed by atoms with van der Waals surface area (Å²) in [6.45, 7) is 3.07. The lowest BCUT2D eigenvalue weighted by Crippen LogP contribution is -2.09. The maximum Gasteiger partial charge on any atom is 0.0735 e. The summed E-state index contributed by atoms with van der Waals surface area (Å²) in [5.41, 5.74) is 8.20. The smallest absolute Gasteiger partial charge is 0.0735 e. The minimum absolute atomic E-state index is 0.648. The molecule has 0 unspecified atom stereocenters. The van der Waals surface area contributed by atoms with Crippen molar-refractivity contribution in [2.75, 3.05) is 5.73 Å². The third-order valence-electron chi connectivity index (χ3n) is 3.45. The number of rotatable bonds is 2. The fraction of sp³-hybridized carbons (Fsp3) is 0.750. The summed E-state index contributed by atoms with van der Waals surface area (Å²) in [5.74, 6) is 0.648. The van der Waals surface area contributed by atoms with Crippen LogP contribution in [0.2, 0.25) is 0 Å². The van der Waals surface area contributed by atoms with E-state index in [0.29, 0.717) is 5.92 Å². The first-order chi connectivity index (χ1) is 7.33. The summed E-state index contributed by atoms with van der Waals surface area (Å²) in [5, 5.41) is 4.33. The van der Waals surface area contributed by atoms with Gasteiger partial charge in [0.05, 0.1) is 17.6 Å². The van der Waals surface area contributed by atoms with Crippen molar-refractivity contribution in [2.45, 2.75) is 57.9 Å². The van der Waals surface area contributed by atoms with Crippen molar-refractivity contribution >= 4 is 5.69 Å². The van der Waals surface area contributed by atoms with Crippen molar-refractivity contribution in [1.82, 2.24) is 9.78 Å². The number of nitrogen functional groups attached to an aromatic ring is 1. The standard InChI is InChI=1S/C12H21N3/c1-2-15-12(11(13)9-14-15)10-7-5-3-4-6-8-10/h9-10H,2-8,13H2,1H3. The van der Waals surface area contributed by atoms with Crippen LogP contribution in [-0.2, 0) is 6.54 Å². The predicted octanol–water partition coefficient (Wildman–Crippen LogP) is 2.92. The number of nitrogens with two attached hydrogens (primary N) is 1. The highest BCUT2D eigenvalue weighted by molar-refractivity contribution is 5.43. The van der Waals surface area contributed by atoms with Gasteiger partial charge in [0.2, 0.25) is 0 Å². The monoisotopic (exact) mass is 207 g/mol. The number of aryl methyl sites for hydroxylation is 1. The first kappa shape index (κ1) is 10.5. The number of hydrogen-bond acceptors (Lipinski definition) is 2. The topological polar surface area (TPSA) is 43.8 Å². The third-order valence-corrected chi connectivity index (χ3v) is 3.45. The Morgan fingerprint density at radius 3 is 2.60 bits per heavy atom. The average Bonchev–Trinajstić information content (AvgIpc) is 2.48. The summed E-state index contributed by atoms with van der Waals surface area (Å²) >= 11 is 0. The molecule has 2 rings (SSSR count). The molecule has 0 atom stereocenters. The van der Waals surface area contributed by atoms with Crippen molar-refractivity contribution in [3.63, 3.8) is 0 Å². The molecule has 1 aromatic rings. The SMILES string of the molecule is CCn1ncc(N)c1C1CCCCCC1. The van der Waals surface area contributed by atoms with Gasteiger partial charge in [0, 0.05) is 12.5 Å². The van der Waals surface area contributed by atoms with E-state index >= 15 is 0 Å². The van der Waals surface area contributed by atoms with Crippen molar-refractivity contribution in [1.29, 1.82) is 0 Å². The van der Waals surface area contributed by atoms with Gasteiger partial charge < -0.3 is 5.73 Å². The molecule has 1 aliphatic carbocycles. The Balaban J connectivity index is 2.21. The van der Waals surface area contributed by atoms with E-state index < -0.39 is 0 Å². The van der Waals surface area contributed by atoms with E-state index in [9.17, 15) is 0 Å². The molecule has 1 heterocycles. The lowest BCUT2D eigenvalue weighted by atomic mass is 9.95.